The average molecular weight is 575 g/mol. The Bertz CT molecular complexity index is 1530. The van der Waals surface area contributed by atoms with Crippen LogP contribution in [0.3, 0.4) is 0 Å². The van der Waals surface area contributed by atoms with Gasteiger partial charge >= 0.3 is 0 Å². The minimum absolute atomic E-state index is 0.0332. The second-order valence-electron chi connectivity index (χ2n) is 16.4. The van der Waals surface area contributed by atoms with Crippen molar-refractivity contribution in [1.82, 2.24) is 0 Å². The molecular formula is C41H50S. The summed E-state index contributed by atoms with van der Waals surface area (Å²) in [5.41, 5.74) is 14.2. The van der Waals surface area contributed by atoms with Crippen molar-refractivity contribution in [3.8, 4) is 22.3 Å². The molecular weight excluding hydrogens is 525 g/mol. The Kier molecular flexibility index (Phi) is 7.55. The van der Waals surface area contributed by atoms with E-state index in [0.717, 1.165) is 0 Å². The predicted octanol–water partition coefficient (Wildman–Crippen LogP) is 12.3. The van der Waals surface area contributed by atoms with Gasteiger partial charge in [0, 0.05) is 10.8 Å². The van der Waals surface area contributed by atoms with E-state index in [9.17, 15) is 0 Å². The molecule has 1 aromatic rings. The highest BCUT2D eigenvalue weighted by Gasteiger charge is 2.34. The van der Waals surface area contributed by atoms with Crippen LogP contribution in [0.15, 0.2) is 78.2 Å². The molecule has 5 rings (SSSR count). The van der Waals surface area contributed by atoms with E-state index in [4.69, 9.17) is 0 Å². The van der Waals surface area contributed by atoms with Crippen LogP contribution < -0.4 is 0 Å². The second kappa shape index (κ2) is 10.4. The number of hydrogen-bond acceptors (Lipinski definition) is 1. The molecule has 1 heteroatoms. The summed E-state index contributed by atoms with van der Waals surface area (Å²) in [6.07, 6.45) is 0. The van der Waals surface area contributed by atoms with Crippen LogP contribution in [0.4, 0.5) is 0 Å². The fraction of sp³-hybridized carbons (Fsp3) is 0.415. The second-order valence-corrected chi connectivity index (χ2v) is 17.4. The highest BCUT2D eigenvalue weighted by atomic mass is 32.1. The normalized spacial score (nSPS) is 13.5. The van der Waals surface area contributed by atoms with Gasteiger partial charge in [-0.3, -0.25) is 0 Å². The number of rotatable bonds is 3. The first kappa shape index (κ1) is 30.6. The van der Waals surface area contributed by atoms with Crippen molar-refractivity contribution in [2.24, 2.45) is 0 Å². The van der Waals surface area contributed by atoms with Gasteiger partial charge in [-0.1, -0.05) is 150 Å². The summed E-state index contributed by atoms with van der Waals surface area (Å²) in [6.45, 7) is 28.0. The van der Waals surface area contributed by atoms with E-state index < -0.39 is 0 Å². The average Bonchev–Trinajstić information content (AvgIpc) is 3.49. The Morgan fingerprint density at radius 1 is 0.452 bits per heavy atom. The maximum absolute atomic E-state index is 2.53. The zero-order valence-corrected chi connectivity index (χ0v) is 28.8. The van der Waals surface area contributed by atoms with Crippen molar-refractivity contribution in [3.63, 3.8) is 0 Å². The lowest BCUT2D eigenvalue weighted by Gasteiger charge is -2.19. The molecule has 1 aromatic heterocycles. The summed E-state index contributed by atoms with van der Waals surface area (Å²) < 4.78 is 0. The van der Waals surface area contributed by atoms with Gasteiger partial charge in [0.05, 0.1) is 0 Å². The van der Waals surface area contributed by atoms with E-state index in [-0.39, 0.29) is 27.6 Å². The predicted molar refractivity (Wildman–Crippen MR) is 186 cm³/mol. The zero-order valence-electron chi connectivity index (χ0n) is 28.0. The molecule has 0 nitrogen and oxygen atoms in total. The van der Waals surface area contributed by atoms with Gasteiger partial charge in [0.2, 0.25) is 0 Å². The van der Waals surface area contributed by atoms with Gasteiger partial charge in [0.25, 0.3) is 0 Å². The Labute approximate surface area is 259 Å². The molecule has 0 N–H and O–H groups in total. The molecule has 0 aromatic carbocycles. The quantitative estimate of drug-likeness (QED) is 0.201. The lowest BCUT2D eigenvalue weighted by molar-refractivity contribution is 0.590. The van der Waals surface area contributed by atoms with Gasteiger partial charge in [-0.2, -0.15) is 0 Å². The highest BCUT2D eigenvalue weighted by molar-refractivity contribution is 7.10. The first-order valence-corrected chi connectivity index (χ1v) is 16.4. The molecule has 4 aliphatic carbocycles. The molecule has 0 bridgehead atoms. The van der Waals surface area contributed by atoms with Crippen molar-refractivity contribution in [2.45, 2.75) is 111 Å². The van der Waals surface area contributed by atoms with E-state index in [1.807, 2.05) is 11.3 Å². The van der Waals surface area contributed by atoms with Crippen molar-refractivity contribution < 1.29 is 0 Å². The van der Waals surface area contributed by atoms with Crippen LogP contribution in [0, 0.1) is 0 Å². The van der Waals surface area contributed by atoms with Crippen molar-refractivity contribution in [3.05, 3.63) is 116 Å². The maximum atomic E-state index is 2.53. The highest BCUT2D eigenvalue weighted by Crippen LogP contribution is 2.51. The van der Waals surface area contributed by atoms with Gasteiger partial charge < -0.3 is 0 Å². The molecule has 0 amide bonds. The lowest BCUT2D eigenvalue weighted by atomic mass is 9.85. The number of thiophene rings is 1. The van der Waals surface area contributed by atoms with Gasteiger partial charge in [-0.25, -0.2) is 0 Å². The maximum Gasteiger partial charge on any atom is 0.0446 e. The van der Waals surface area contributed by atoms with Crippen LogP contribution in [0.2, 0.25) is 0 Å². The van der Waals surface area contributed by atoms with Crippen LogP contribution in [0.1, 0.15) is 127 Å². The molecule has 220 valence electrons. The molecule has 0 fully saturated rings. The lowest BCUT2D eigenvalue weighted by Crippen LogP contribution is -2.11. The van der Waals surface area contributed by atoms with Crippen LogP contribution in [0.25, 0.3) is 22.3 Å². The third kappa shape index (κ3) is 5.70. The molecule has 0 unspecified atom stereocenters. The van der Waals surface area contributed by atoms with Gasteiger partial charge in [-0.05, 0) is 88.7 Å². The van der Waals surface area contributed by atoms with Crippen molar-refractivity contribution >= 4 is 11.3 Å². The molecule has 0 atom stereocenters. The monoisotopic (exact) mass is 574 g/mol. The fourth-order valence-corrected chi connectivity index (χ4v) is 7.27. The SMILES string of the molecule is CC(C)(C)c1ccc2c(C(c3cccs3)c3cc(C(C)(C)C)c4ccc(C(C)(C)C)ccc3-4)cc(C(C)(C)C)c-2cc1. The molecule has 0 aliphatic heterocycles. The third-order valence-corrected chi connectivity index (χ3v) is 9.84. The fourth-order valence-electron chi connectivity index (χ4n) is 6.41. The summed E-state index contributed by atoms with van der Waals surface area (Å²) in [6, 6.07) is 28.7. The largest absolute Gasteiger partial charge is 0.148 e. The summed E-state index contributed by atoms with van der Waals surface area (Å²) in [4.78, 5) is 1.40. The third-order valence-electron chi connectivity index (χ3n) is 8.90. The van der Waals surface area contributed by atoms with E-state index in [1.165, 1.54) is 60.5 Å². The van der Waals surface area contributed by atoms with E-state index >= 15 is 0 Å². The Morgan fingerprint density at radius 2 is 0.833 bits per heavy atom. The van der Waals surface area contributed by atoms with E-state index in [1.54, 1.807) is 0 Å². The number of fused-ring (bicyclic) bond motifs is 2. The van der Waals surface area contributed by atoms with Crippen LogP contribution in [-0.2, 0) is 21.7 Å². The minimum Gasteiger partial charge on any atom is -0.148 e. The molecule has 0 spiro atoms. The summed E-state index contributed by atoms with van der Waals surface area (Å²) in [5.74, 6) is 0.156. The van der Waals surface area contributed by atoms with Gasteiger partial charge in [-0.15, -0.1) is 11.3 Å². The Morgan fingerprint density at radius 3 is 1.14 bits per heavy atom. The molecule has 0 radical (unpaired) electrons. The molecule has 4 aliphatic rings. The summed E-state index contributed by atoms with van der Waals surface area (Å²) in [7, 11) is 0. The smallest absolute Gasteiger partial charge is 0.0446 e. The van der Waals surface area contributed by atoms with Gasteiger partial charge in [0.1, 0.15) is 0 Å². The standard InChI is InChI=1S/C41H50S/c1-38(2,3)26-15-19-28-30(21-17-26)34(40(7,8)9)24-32(28)37(36-14-13-23-42-36)33-25-35(41(10,11)12)31-22-18-27(39(4,5)6)16-20-29(31)33/h13-25,37H,1-12H3. The van der Waals surface area contributed by atoms with E-state index in [0.29, 0.717) is 0 Å². The van der Waals surface area contributed by atoms with Crippen molar-refractivity contribution in [2.75, 3.05) is 0 Å². The zero-order chi connectivity index (χ0) is 30.8. The molecule has 0 saturated heterocycles. The van der Waals surface area contributed by atoms with Crippen LogP contribution >= 0.6 is 11.3 Å². The number of hydrogen-bond donors (Lipinski definition) is 0. The summed E-state index contributed by atoms with van der Waals surface area (Å²) in [5, 5.41) is 2.24. The molecule has 1 heterocycles. The minimum atomic E-state index is 0.0332. The molecule has 0 saturated carbocycles. The Balaban J connectivity index is 1.87. The first-order chi connectivity index (χ1) is 19.4. The van der Waals surface area contributed by atoms with Crippen LogP contribution in [0.5, 0.6) is 0 Å². The summed E-state index contributed by atoms with van der Waals surface area (Å²) >= 11 is 1.88. The first-order valence-electron chi connectivity index (χ1n) is 15.6. The Hall–Kier alpha value is -2.90. The topological polar surface area (TPSA) is 0 Å². The molecule has 42 heavy (non-hydrogen) atoms. The van der Waals surface area contributed by atoms with Crippen LogP contribution in [-0.4, -0.2) is 0 Å². The van der Waals surface area contributed by atoms with E-state index in [2.05, 4.69) is 161 Å². The van der Waals surface area contributed by atoms with Crippen molar-refractivity contribution in [1.29, 1.82) is 0 Å². The van der Waals surface area contributed by atoms with Gasteiger partial charge in [0.15, 0.2) is 0 Å².